The summed E-state index contributed by atoms with van der Waals surface area (Å²) in [4.78, 5) is 0. The molecular formula is C13H16. The average Bonchev–Trinajstić information content (AvgIpc) is 2.08. The van der Waals surface area contributed by atoms with Gasteiger partial charge in [0.2, 0.25) is 0 Å². The Morgan fingerprint density at radius 3 is 2.38 bits per heavy atom. The van der Waals surface area contributed by atoms with Crippen LogP contribution < -0.4 is 0 Å². The largest absolute Gasteiger partial charge is 0.0958 e. The van der Waals surface area contributed by atoms with E-state index in [9.17, 15) is 0 Å². The van der Waals surface area contributed by atoms with Crippen LogP contribution >= 0.6 is 0 Å². The quantitative estimate of drug-likeness (QED) is 0.610. The Balaban J connectivity index is 2.81. The third-order valence-corrected chi connectivity index (χ3v) is 2.27. The fourth-order valence-electron chi connectivity index (χ4n) is 1.19. The molecule has 13 heavy (non-hydrogen) atoms. The van der Waals surface area contributed by atoms with E-state index < -0.39 is 0 Å². The van der Waals surface area contributed by atoms with Gasteiger partial charge in [0.1, 0.15) is 0 Å². The predicted molar refractivity (Wildman–Crippen MR) is 58.8 cm³/mol. The lowest BCUT2D eigenvalue weighted by Gasteiger charge is -2.07. The van der Waals surface area contributed by atoms with E-state index in [4.69, 9.17) is 0 Å². The molecule has 0 aliphatic carbocycles. The zero-order chi connectivity index (χ0) is 9.84. The molecule has 0 saturated carbocycles. The summed E-state index contributed by atoms with van der Waals surface area (Å²) >= 11 is 0. The lowest BCUT2D eigenvalue weighted by atomic mass is 9.98. The van der Waals surface area contributed by atoms with E-state index in [1.54, 1.807) is 0 Å². The molecule has 68 valence electrons. The van der Waals surface area contributed by atoms with Crippen LogP contribution in [-0.4, -0.2) is 0 Å². The third kappa shape index (κ3) is 2.59. The highest BCUT2D eigenvalue weighted by Crippen LogP contribution is 2.15. The smallest absolute Gasteiger partial charge is 0.00266 e. The summed E-state index contributed by atoms with van der Waals surface area (Å²) in [5.74, 6) is 0. The molecule has 0 aliphatic heterocycles. The van der Waals surface area contributed by atoms with E-state index in [1.165, 1.54) is 11.1 Å². The summed E-state index contributed by atoms with van der Waals surface area (Å²) in [6, 6.07) is 8.39. The van der Waals surface area contributed by atoms with Gasteiger partial charge >= 0.3 is 0 Å². The molecule has 0 unspecified atom stereocenters. The van der Waals surface area contributed by atoms with Gasteiger partial charge in [-0.1, -0.05) is 43.0 Å². The van der Waals surface area contributed by atoms with Gasteiger partial charge in [-0.15, -0.1) is 0 Å². The average molecular weight is 172 g/mol. The molecule has 0 N–H and O–H groups in total. The molecule has 0 heterocycles. The molecule has 0 aliphatic rings. The zero-order valence-corrected chi connectivity index (χ0v) is 8.43. The van der Waals surface area contributed by atoms with Gasteiger partial charge in [0.15, 0.2) is 0 Å². The molecule has 0 radical (unpaired) electrons. The van der Waals surface area contributed by atoms with Crippen molar-refractivity contribution in [2.45, 2.75) is 20.3 Å². The van der Waals surface area contributed by atoms with Gasteiger partial charge in [0, 0.05) is 0 Å². The summed E-state index contributed by atoms with van der Waals surface area (Å²) in [5, 5.41) is 0. The van der Waals surface area contributed by atoms with Crippen LogP contribution in [0.4, 0.5) is 0 Å². The van der Waals surface area contributed by atoms with Gasteiger partial charge in [-0.25, -0.2) is 0 Å². The number of allylic oxidation sites excluding steroid dienone is 2. The van der Waals surface area contributed by atoms with Crippen molar-refractivity contribution in [1.29, 1.82) is 0 Å². The van der Waals surface area contributed by atoms with Crippen molar-refractivity contribution >= 4 is 0 Å². The van der Waals surface area contributed by atoms with Crippen LogP contribution in [0, 0.1) is 6.92 Å². The normalized spacial score (nSPS) is 9.69. The molecule has 0 nitrogen and oxygen atoms in total. The minimum Gasteiger partial charge on any atom is -0.0958 e. The fraction of sp³-hybridized carbons (Fsp3) is 0.231. The Labute approximate surface area is 80.6 Å². The molecule has 0 spiro atoms. The minimum absolute atomic E-state index is 0.919. The minimum atomic E-state index is 0.919. The summed E-state index contributed by atoms with van der Waals surface area (Å²) < 4.78 is 0. The second kappa shape index (κ2) is 4.08. The Kier molecular flexibility index (Phi) is 3.07. The van der Waals surface area contributed by atoms with Crippen LogP contribution in [0.15, 0.2) is 48.6 Å². The Morgan fingerprint density at radius 2 is 1.85 bits per heavy atom. The third-order valence-electron chi connectivity index (χ3n) is 2.27. The molecule has 0 aromatic heterocycles. The van der Waals surface area contributed by atoms with Gasteiger partial charge in [-0.05, 0) is 37.0 Å². The molecule has 1 aromatic rings. The number of benzene rings is 1. The van der Waals surface area contributed by atoms with Crippen LogP contribution in [-0.2, 0) is 6.42 Å². The molecular weight excluding hydrogens is 156 g/mol. The first-order chi connectivity index (χ1) is 6.11. The maximum Gasteiger partial charge on any atom is -0.00266 e. The Hall–Kier alpha value is -1.30. The topological polar surface area (TPSA) is 0 Å². The molecule has 1 aromatic carbocycles. The van der Waals surface area contributed by atoms with Crippen molar-refractivity contribution in [3.05, 3.63) is 59.7 Å². The van der Waals surface area contributed by atoms with Crippen molar-refractivity contribution in [2.24, 2.45) is 0 Å². The maximum absolute atomic E-state index is 3.99. The van der Waals surface area contributed by atoms with E-state index in [0.29, 0.717) is 0 Å². The van der Waals surface area contributed by atoms with Crippen LogP contribution in [0.5, 0.6) is 0 Å². The van der Waals surface area contributed by atoms with Crippen molar-refractivity contribution < 1.29 is 0 Å². The van der Waals surface area contributed by atoms with Crippen molar-refractivity contribution in [2.75, 3.05) is 0 Å². The predicted octanol–water partition coefficient (Wildman–Crippen LogP) is 3.67. The van der Waals surface area contributed by atoms with E-state index >= 15 is 0 Å². The monoisotopic (exact) mass is 172 g/mol. The van der Waals surface area contributed by atoms with Crippen LogP contribution in [0.2, 0.25) is 0 Å². The lowest BCUT2D eigenvalue weighted by molar-refractivity contribution is 1.13. The second-order valence-corrected chi connectivity index (χ2v) is 3.49. The molecule has 0 saturated heterocycles. The highest BCUT2D eigenvalue weighted by Gasteiger charge is 1.99. The lowest BCUT2D eigenvalue weighted by Crippen LogP contribution is -1.92. The van der Waals surface area contributed by atoms with E-state index in [0.717, 1.165) is 17.6 Å². The number of aryl methyl sites for hydroxylation is 1. The second-order valence-electron chi connectivity index (χ2n) is 3.49. The van der Waals surface area contributed by atoms with Crippen molar-refractivity contribution in [3.8, 4) is 0 Å². The van der Waals surface area contributed by atoms with E-state index in [1.807, 2.05) is 6.92 Å². The maximum atomic E-state index is 3.99. The standard InChI is InChI=1S/C13H16/c1-10(2)12(4)9-13-8-6-5-7-11(13)3/h5-8H,1,4,9H2,2-3H3. The van der Waals surface area contributed by atoms with Crippen molar-refractivity contribution in [1.82, 2.24) is 0 Å². The Morgan fingerprint density at radius 1 is 1.23 bits per heavy atom. The van der Waals surface area contributed by atoms with Crippen LogP contribution in [0.3, 0.4) is 0 Å². The summed E-state index contributed by atoms with van der Waals surface area (Å²) in [7, 11) is 0. The molecule has 0 fully saturated rings. The molecule has 1 rings (SSSR count). The highest BCUT2D eigenvalue weighted by atomic mass is 14.0. The number of hydrogen-bond donors (Lipinski definition) is 0. The van der Waals surface area contributed by atoms with Crippen LogP contribution in [0.1, 0.15) is 18.1 Å². The van der Waals surface area contributed by atoms with Gasteiger partial charge in [-0.3, -0.25) is 0 Å². The van der Waals surface area contributed by atoms with E-state index in [2.05, 4.69) is 44.3 Å². The number of hydrogen-bond acceptors (Lipinski definition) is 0. The molecule has 0 heteroatoms. The zero-order valence-electron chi connectivity index (χ0n) is 8.43. The van der Waals surface area contributed by atoms with Gasteiger partial charge < -0.3 is 0 Å². The number of rotatable bonds is 3. The summed E-state index contributed by atoms with van der Waals surface area (Å²) in [6.45, 7) is 12.0. The fourth-order valence-corrected chi connectivity index (χ4v) is 1.19. The SMILES string of the molecule is C=C(C)C(=C)Cc1ccccc1C. The van der Waals surface area contributed by atoms with Gasteiger partial charge in [-0.2, -0.15) is 0 Å². The first kappa shape index (κ1) is 9.79. The van der Waals surface area contributed by atoms with Crippen LogP contribution in [0.25, 0.3) is 0 Å². The first-order valence-electron chi connectivity index (χ1n) is 4.49. The summed E-state index contributed by atoms with van der Waals surface area (Å²) in [5.41, 5.74) is 4.86. The molecule has 0 atom stereocenters. The Bertz CT molecular complexity index is 332. The molecule has 0 bridgehead atoms. The van der Waals surface area contributed by atoms with Gasteiger partial charge in [0.05, 0.1) is 0 Å². The molecule has 0 amide bonds. The van der Waals surface area contributed by atoms with Gasteiger partial charge in [0.25, 0.3) is 0 Å². The van der Waals surface area contributed by atoms with E-state index in [-0.39, 0.29) is 0 Å². The highest BCUT2D eigenvalue weighted by molar-refractivity contribution is 5.34. The van der Waals surface area contributed by atoms with Crippen molar-refractivity contribution in [3.63, 3.8) is 0 Å². The summed E-state index contributed by atoms with van der Waals surface area (Å²) in [6.07, 6.45) is 0.919. The first-order valence-corrected chi connectivity index (χ1v) is 4.49.